The second kappa shape index (κ2) is 7.10. The van der Waals surface area contributed by atoms with Crippen molar-refractivity contribution >= 4 is 10.9 Å². The molecule has 0 aliphatic carbocycles. The molecule has 0 atom stereocenters. The first-order valence-corrected chi connectivity index (χ1v) is 8.58. The molecule has 28 heavy (non-hydrogen) atoms. The lowest BCUT2D eigenvalue weighted by atomic mass is 10.1. The van der Waals surface area contributed by atoms with Crippen molar-refractivity contribution in [3.8, 4) is 22.9 Å². The van der Waals surface area contributed by atoms with Gasteiger partial charge in [-0.05, 0) is 23.8 Å². The number of tetrazole rings is 1. The van der Waals surface area contributed by atoms with Crippen molar-refractivity contribution in [1.29, 1.82) is 0 Å². The van der Waals surface area contributed by atoms with Gasteiger partial charge in [-0.15, -0.1) is 10.2 Å². The number of nitrogens with zero attached hydrogens (tertiary/aromatic N) is 5. The molecule has 4 aromatic rings. The summed E-state index contributed by atoms with van der Waals surface area (Å²) in [5, 5.41) is 13.0. The Kier molecular flexibility index (Phi) is 4.48. The van der Waals surface area contributed by atoms with Gasteiger partial charge in [0.1, 0.15) is 12.4 Å². The Bertz CT molecular complexity index is 1210. The van der Waals surface area contributed by atoms with E-state index in [-0.39, 0.29) is 12.1 Å². The van der Waals surface area contributed by atoms with E-state index in [1.807, 2.05) is 31.2 Å². The van der Waals surface area contributed by atoms with Crippen molar-refractivity contribution in [2.75, 3.05) is 14.2 Å². The fraction of sp³-hybridized carbons (Fsp3) is 0.211. The number of nitrogens with one attached hydrogen (secondary N) is 1. The Morgan fingerprint density at radius 3 is 2.61 bits per heavy atom. The molecule has 2 aromatic heterocycles. The standard InChI is InChI=1S/C19H18N6O3/c1-11-6-4-5-7-12(11)18-22-24-25(23-18)10-17-20-14-9-16(28-3)15(27-2)8-13(14)19(26)21-17/h4-9H,10H2,1-3H3,(H,20,21,26). The molecule has 0 fully saturated rings. The van der Waals surface area contributed by atoms with Crippen molar-refractivity contribution in [1.82, 2.24) is 30.2 Å². The first-order valence-electron chi connectivity index (χ1n) is 8.58. The van der Waals surface area contributed by atoms with Gasteiger partial charge in [-0.25, -0.2) is 4.98 Å². The molecule has 2 heterocycles. The molecule has 1 N–H and O–H groups in total. The van der Waals surface area contributed by atoms with Crippen molar-refractivity contribution in [3.05, 3.63) is 58.1 Å². The van der Waals surface area contributed by atoms with Gasteiger partial charge in [0.2, 0.25) is 5.82 Å². The molecule has 0 unspecified atom stereocenters. The molecule has 0 aliphatic rings. The zero-order valence-corrected chi connectivity index (χ0v) is 15.6. The highest BCUT2D eigenvalue weighted by molar-refractivity contribution is 5.81. The number of ether oxygens (including phenoxy) is 2. The van der Waals surface area contributed by atoms with Crippen LogP contribution in [0.4, 0.5) is 0 Å². The number of aryl methyl sites for hydroxylation is 1. The van der Waals surface area contributed by atoms with Gasteiger partial charge in [0, 0.05) is 11.6 Å². The summed E-state index contributed by atoms with van der Waals surface area (Å²) in [5.74, 6) is 1.90. The average molecular weight is 378 g/mol. The van der Waals surface area contributed by atoms with Crippen molar-refractivity contribution in [3.63, 3.8) is 0 Å². The van der Waals surface area contributed by atoms with E-state index in [1.54, 1.807) is 12.1 Å². The Hall–Kier alpha value is -3.75. The van der Waals surface area contributed by atoms with Crippen LogP contribution in [0.2, 0.25) is 0 Å². The molecule has 0 amide bonds. The fourth-order valence-corrected chi connectivity index (χ4v) is 2.97. The van der Waals surface area contributed by atoms with Gasteiger partial charge in [-0.1, -0.05) is 24.3 Å². The van der Waals surface area contributed by atoms with Crippen LogP contribution in [0.15, 0.2) is 41.2 Å². The average Bonchev–Trinajstić information content (AvgIpc) is 3.15. The first kappa shape index (κ1) is 17.7. The minimum Gasteiger partial charge on any atom is -0.493 e. The molecule has 4 rings (SSSR count). The monoisotopic (exact) mass is 378 g/mol. The number of H-pyrrole nitrogens is 1. The second-order valence-electron chi connectivity index (χ2n) is 6.20. The number of fused-ring (bicyclic) bond motifs is 1. The summed E-state index contributed by atoms with van der Waals surface area (Å²) < 4.78 is 10.5. The van der Waals surface area contributed by atoms with Crippen LogP contribution in [0.25, 0.3) is 22.3 Å². The highest BCUT2D eigenvalue weighted by Crippen LogP contribution is 2.29. The minimum absolute atomic E-state index is 0.179. The highest BCUT2D eigenvalue weighted by Gasteiger charge is 2.13. The van der Waals surface area contributed by atoms with E-state index in [0.717, 1.165) is 11.1 Å². The molecule has 0 saturated heterocycles. The van der Waals surface area contributed by atoms with E-state index in [4.69, 9.17) is 9.47 Å². The zero-order valence-electron chi connectivity index (χ0n) is 15.6. The maximum absolute atomic E-state index is 12.5. The van der Waals surface area contributed by atoms with E-state index in [2.05, 4.69) is 25.4 Å². The van der Waals surface area contributed by atoms with Crippen LogP contribution in [0.5, 0.6) is 11.5 Å². The lowest BCUT2D eigenvalue weighted by Gasteiger charge is -2.09. The van der Waals surface area contributed by atoms with Crippen molar-refractivity contribution in [2.24, 2.45) is 0 Å². The predicted molar refractivity (Wildman–Crippen MR) is 103 cm³/mol. The van der Waals surface area contributed by atoms with Crippen LogP contribution < -0.4 is 15.0 Å². The third kappa shape index (κ3) is 3.18. The zero-order chi connectivity index (χ0) is 19.7. The van der Waals surface area contributed by atoms with Gasteiger partial charge in [-0.3, -0.25) is 4.79 Å². The van der Waals surface area contributed by atoms with Crippen LogP contribution in [-0.4, -0.2) is 44.4 Å². The largest absolute Gasteiger partial charge is 0.493 e. The summed E-state index contributed by atoms with van der Waals surface area (Å²) in [6.45, 7) is 2.17. The summed E-state index contributed by atoms with van der Waals surface area (Å²) >= 11 is 0. The van der Waals surface area contributed by atoms with Gasteiger partial charge in [0.25, 0.3) is 5.56 Å². The number of aromatic amines is 1. The van der Waals surface area contributed by atoms with Crippen molar-refractivity contribution in [2.45, 2.75) is 13.5 Å². The summed E-state index contributed by atoms with van der Waals surface area (Å²) in [7, 11) is 3.05. The maximum atomic E-state index is 12.5. The number of hydrogen-bond donors (Lipinski definition) is 1. The normalized spacial score (nSPS) is 11.0. The molecule has 2 aromatic carbocycles. The molecule has 9 heteroatoms. The molecule has 0 radical (unpaired) electrons. The molecule has 0 saturated carbocycles. The number of aromatic nitrogens is 6. The summed E-state index contributed by atoms with van der Waals surface area (Å²) in [6.07, 6.45) is 0. The second-order valence-corrected chi connectivity index (χ2v) is 6.20. The Morgan fingerprint density at radius 2 is 1.86 bits per heavy atom. The number of hydrogen-bond acceptors (Lipinski definition) is 7. The first-order chi connectivity index (χ1) is 13.6. The smallest absolute Gasteiger partial charge is 0.258 e. The van der Waals surface area contributed by atoms with Gasteiger partial charge in [-0.2, -0.15) is 4.80 Å². The van der Waals surface area contributed by atoms with Gasteiger partial charge in [0.15, 0.2) is 11.5 Å². The highest BCUT2D eigenvalue weighted by atomic mass is 16.5. The Balaban J connectivity index is 1.69. The lowest BCUT2D eigenvalue weighted by molar-refractivity contribution is 0.355. The Morgan fingerprint density at radius 1 is 1.11 bits per heavy atom. The minimum atomic E-state index is -0.278. The summed E-state index contributed by atoms with van der Waals surface area (Å²) in [5.41, 5.74) is 2.18. The van der Waals surface area contributed by atoms with Crippen molar-refractivity contribution < 1.29 is 9.47 Å². The van der Waals surface area contributed by atoms with Gasteiger partial charge < -0.3 is 14.5 Å². The predicted octanol–water partition coefficient (Wildman–Crippen LogP) is 1.95. The van der Waals surface area contributed by atoms with E-state index in [9.17, 15) is 4.79 Å². The molecule has 0 aliphatic heterocycles. The molecule has 0 spiro atoms. The van der Waals surface area contributed by atoms with Crippen LogP contribution in [0, 0.1) is 6.92 Å². The van der Waals surface area contributed by atoms with E-state index in [0.29, 0.717) is 34.1 Å². The molecular formula is C19H18N6O3. The van der Waals surface area contributed by atoms with E-state index >= 15 is 0 Å². The van der Waals surface area contributed by atoms with E-state index in [1.165, 1.54) is 19.0 Å². The van der Waals surface area contributed by atoms with Crippen LogP contribution in [0.3, 0.4) is 0 Å². The fourth-order valence-electron chi connectivity index (χ4n) is 2.97. The third-order valence-electron chi connectivity index (χ3n) is 4.39. The van der Waals surface area contributed by atoms with Gasteiger partial charge >= 0.3 is 0 Å². The van der Waals surface area contributed by atoms with Gasteiger partial charge in [0.05, 0.1) is 25.1 Å². The van der Waals surface area contributed by atoms with Crippen LogP contribution >= 0.6 is 0 Å². The summed E-state index contributed by atoms with van der Waals surface area (Å²) in [4.78, 5) is 21.1. The number of methoxy groups -OCH3 is 2. The van der Waals surface area contributed by atoms with Crippen LogP contribution in [0.1, 0.15) is 11.4 Å². The maximum Gasteiger partial charge on any atom is 0.258 e. The molecule has 0 bridgehead atoms. The Labute approximate surface area is 159 Å². The SMILES string of the molecule is COc1cc2nc(Cn3nnc(-c4ccccc4C)n3)[nH]c(=O)c2cc1OC. The lowest BCUT2D eigenvalue weighted by Crippen LogP contribution is -2.16. The topological polar surface area (TPSA) is 108 Å². The number of benzene rings is 2. The third-order valence-corrected chi connectivity index (χ3v) is 4.39. The molecular weight excluding hydrogens is 360 g/mol. The molecule has 142 valence electrons. The quantitative estimate of drug-likeness (QED) is 0.565. The van der Waals surface area contributed by atoms with E-state index < -0.39 is 0 Å². The molecule has 9 nitrogen and oxygen atoms in total. The van der Waals surface area contributed by atoms with Crippen LogP contribution in [-0.2, 0) is 6.54 Å². The summed E-state index contributed by atoms with van der Waals surface area (Å²) in [6, 6.07) is 11.1. The number of rotatable bonds is 5.